The van der Waals surface area contributed by atoms with Gasteiger partial charge in [0, 0.05) is 30.8 Å². The van der Waals surface area contributed by atoms with Crippen molar-refractivity contribution >= 4 is 38.5 Å². The third kappa shape index (κ3) is 3.62. The van der Waals surface area contributed by atoms with E-state index in [0.717, 1.165) is 21.5 Å². The molecule has 30 heavy (non-hydrogen) atoms. The molecule has 2 amide bonds. The molecule has 0 aliphatic carbocycles. The fourth-order valence-electron chi connectivity index (χ4n) is 3.04. The highest BCUT2D eigenvalue weighted by atomic mass is 32.1. The number of hydrogen-bond donors (Lipinski definition) is 1. The zero-order valence-electron chi connectivity index (χ0n) is 16.4. The van der Waals surface area contributed by atoms with Gasteiger partial charge in [-0.15, -0.1) is 0 Å². The number of thiazole rings is 1. The van der Waals surface area contributed by atoms with Crippen LogP contribution in [0.1, 0.15) is 24.3 Å². The summed E-state index contributed by atoms with van der Waals surface area (Å²) >= 11 is 1.38. The number of carbonyl (C=O) groups is 2. The summed E-state index contributed by atoms with van der Waals surface area (Å²) in [4.78, 5) is 42.4. The number of carbonyl (C=O) groups excluding carboxylic acids is 2. The molecule has 0 radical (unpaired) electrons. The minimum atomic E-state index is -0.554. The quantitative estimate of drug-likeness (QED) is 0.491. The highest BCUT2D eigenvalue weighted by Crippen LogP contribution is 2.38. The van der Waals surface area contributed by atoms with Crippen LogP contribution in [0.4, 0.5) is 9.93 Å². The number of fused-ring (bicyclic) bond motifs is 1. The van der Waals surface area contributed by atoms with E-state index < -0.39 is 6.03 Å². The van der Waals surface area contributed by atoms with E-state index in [1.807, 2.05) is 37.3 Å². The highest BCUT2D eigenvalue weighted by molar-refractivity contribution is 7.23. The molecule has 0 aliphatic heterocycles. The molecular weight excluding hydrogens is 400 g/mol. The maximum absolute atomic E-state index is 11.8. The summed E-state index contributed by atoms with van der Waals surface area (Å²) < 4.78 is 0.889. The van der Waals surface area contributed by atoms with Gasteiger partial charge in [-0.1, -0.05) is 17.4 Å². The third-order valence-electron chi connectivity index (χ3n) is 4.54. The minimum absolute atomic E-state index is 0.145. The lowest BCUT2D eigenvalue weighted by Gasteiger charge is -2.13. The summed E-state index contributed by atoms with van der Waals surface area (Å²) in [6, 6.07) is 8.96. The van der Waals surface area contributed by atoms with Crippen LogP contribution in [-0.4, -0.2) is 38.3 Å². The SMILES string of the molecule is CCN(C(N)=O)c1nc2cc(-c3cnc(C(C)=O)cn3)cc(-c3ccccn3)c2s1. The maximum Gasteiger partial charge on any atom is 0.321 e. The van der Waals surface area contributed by atoms with Crippen molar-refractivity contribution in [1.29, 1.82) is 0 Å². The Morgan fingerprint density at radius 3 is 2.53 bits per heavy atom. The molecule has 150 valence electrons. The second-order valence-electron chi connectivity index (χ2n) is 6.51. The number of rotatable bonds is 5. The number of Topliss-reactive ketones (excluding diaryl/α,β-unsaturated/α-hetero) is 1. The molecule has 0 unspecified atom stereocenters. The summed E-state index contributed by atoms with van der Waals surface area (Å²) in [7, 11) is 0. The second kappa shape index (κ2) is 7.96. The Kier molecular flexibility index (Phi) is 5.20. The number of hydrogen-bond acceptors (Lipinski definition) is 7. The van der Waals surface area contributed by atoms with E-state index in [1.165, 1.54) is 29.4 Å². The number of urea groups is 1. The lowest BCUT2D eigenvalue weighted by Crippen LogP contribution is -2.35. The number of nitrogens with zero attached hydrogens (tertiary/aromatic N) is 5. The summed E-state index contributed by atoms with van der Waals surface area (Å²) in [5.74, 6) is -0.145. The van der Waals surface area contributed by atoms with Crippen LogP contribution >= 0.6 is 11.3 Å². The molecule has 8 nitrogen and oxygen atoms in total. The molecule has 1 aromatic carbocycles. The molecule has 0 fully saturated rings. The standard InChI is InChI=1S/C21H18N6O2S/c1-3-27(20(22)29)21-26-16-9-13(18-11-24-17(10-25-18)12(2)28)8-14(19(16)30-21)15-6-4-5-7-23-15/h4-11H,3H2,1-2H3,(H2,22,29). The Balaban J connectivity index is 1.92. The smallest absolute Gasteiger partial charge is 0.321 e. The first-order valence-electron chi connectivity index (χ1n) is 9.24. The van der Waals surface area contributed by atoms with Crippen LogP contribution in [0.3, 0.4) is 0 Å². The molecule has 0 spiro atoms. The van der Waals surface area contributed by atoms with Gasteiger partial charge < -0.3 is 5.73 Å². The summed E-state index contributed by atoms with van der Waals surface area (Å²) in [5, 5.41) is 0.521. The van der Waals surface area contributed by atoms with Crippen molar-refractivity contribution in [3.8, 4) is 22.5 Å². The summed E-state index contributed by atoms with van der Waals surface area (Å²) in [6.45, 7) is 3.71. The third-order valence-corrected chi connectivity index (χ3v) is 5.67. The van der Waals surface area contributed by atoms with Gasteiger partial charge in [-0.05, 0) is 31.2 Å². The van der Waals surface area contributed by atoms with E-state index in [4.69, 9.17) is 5.73 Å². The summed E-state index contributed by atoms with van der Waals surface area (Å²) in [6.07, 6.45) is 4.74. The molecule has 3 heterocycles. The first kappa shape index (κ1) is 19.6. The maximum atomic E-state index is 11.8. The van der Waals surface area contributed by atoms with E-state index in [1.54, 1.807) is 12.4 Å². The number of aromatic nitrogens is 4. The van der Waals surface area contributed by atoms with Gasteiger partial charge in [0.1, 0.15) is 5.69 Å². The van der Waals surface area contributed by atoms with Gasteiger partial charge in [0.2, 0.25) is 0 Å². The number of ketones is 1. The van der Waals surface area contributed by atoms with E-state index in [9.17, 15) is 9.59 Å². The van der Waals surface area contributed by atoms with E-state index in [2.05, 4.69) is 19.9 Å². The normalized spacial score (nSPS) is 10.9. The van der Waals surface area contributed by atoms with Gasteiger partial charge in [-0.25, -0.2) is 14.8 Å². The van der Waals surface area contributed by atoms with Gasteiger partial charge in [0.05, 0.1) is 34.0 Å². The molecule has 4 aromatic rings. The molecule has 2 N–H and O–H groups in total. The minimum Gasteiger partial charge on any atom is -0.351 e. The van der Waals surface area contributed by atoms with Gasteiger partial charge in [0.25, 0.3) is 0 Å². The van der Waals surface area contributed by atoms with E-state index >= 15 is 0 Å². The molecule has 3 aromatic heterocycles. The van der Waals surface area contributed by atoms with Gasteiger partial charge >= 0.3 is 6.03 Å². The molecule has 0 bridgehead atoms. The van der Waals surface area contributed by atoms with E-state index in [-0.39, 0.29) is 5.78 Å². The molecule has 0 saturated heterocycles. The zero-order valence-corrected chi connectivity index (χ0v) is 17.2. The van der Waals surface area contributed by atoms with Crippen LogP contribution in [0.15, 0.2) is 48.9 Å². The second-order valence-corrected chi connectivity index (χ2v) is 7.49. The number of amides is 2. The average molecular weight is 418 g/mol. The Morgan fingerprint density at radius 1 is 1.10 bits per heavy atom. The van der Waals surface area contributed by atoms with Crippen molar-refractivity contribution in [2.75, 3.05) is 11.4 Å². The Labute approximate surface area is 176 Å². The fourth-order valence-corrected chi connectivity index (χ4v) is 4.18. The summed E-state index contributed by atoms with van der Waals surface area (Å²) in [5.41, 5.74) is 9.54. The number of anilines is 1. The predicted molar refractivity (Wildman–Crippen MR) is 116 cm³/mol. The van der Waals surface area contributed by atoms with Gasteiger partial charge in [-0.3, -0.25) is 19.7 Å². The van der Waals surface area contributed by atoms with Crippen molar-refractivity contribution < 1.29 is 9.59 Å². The number of nitrogens with two attached hydrogens (primary N) is 1. The van der Waals surface area contributed by atoms with Crippen molar-refractivity contribution in [2.24, 2.45) is 5.73 Å². The fraction of sp³-hybridized carbons (Fsp3) is 0.143. The van der Waals surface area contributed by atoms with Crippen molar-refractivity contribution in [3.05, 3.63) is 54.6 Å². The van der Waals surface area contributed by atoms with Gasteiger partial charge in [-0.2, -0.15) is 0 Å². The molecule has 0 aliphatic rings. The van der Waals surface area contributed by atoms with Crippen molar-refractivity contribution in [1.82, 2.24) is 19.9 Å². The highest BCUT2D eigenvalue weighted by Gasteiger charge is 2.19. The van der Waals surface area contributed by atoms with Crippen LogP contribution < -0.4 is 10.6 Å². The van der Waals surface area contributed by atoms with Gasteiger partial charge in [0.15, 0.2) is 10.9 Å². The first-order valence-corrected chi connectivity index (χ1v) is 10.1. The predicted octanol–water partition coefficient (Wildman–Crippen LogP) is 3.92. The monoisotopic (exact) mass is 418 g/mol. The lowest BCUT2D eigenvalue weighted by atomic mass is 10.0. The number of pyridine rings is 1. The van der Waals surface area contributed by atoms with Crippen LogP contribution in [-0.2, 0) is 0 Å². The Bertz CT molecular complexity index is 1240. The van der Waals surface area contributed by atoms with Crippen molar-refractivity contribution in [3.63, 3.8) is 0 Å². The Morgan fingerprint density at radius 2 is 1.93 bits per heavy atom. The van der Waals surface area contributed by atoms with Crippen LogP contribution in [0.25, 0.3) is 32.7 Å². The van der Waals surface area contributed by atoms with Crippen LogP contribution in [0.5, 0.6) is 0 Å². The molecule has 4 rings (SSSR count). The van der Waals surface area contributed by atoms with Crippen LogP contribution in [0, 0.1) is 0 Å². The van der Waals surface area contributed by atoms with E-state index in [0.29, 0.717) is 28.6 Å². The lowest BCUT2D eigenvalue weighted by molar-refractivity contribution is 0.101. The largest absolute Gasteiger partial charge is 0.351 e. The molecular formula is C21H18N6O2S. The molecule has 0 atom stereocenters. The average Bonchev–Trinajstić information content (AvgIpc) is 3.17. The first-order chi connectivity index (χ1) is 14.5. The van der Waals surface area contributed by atoms with Crippen molar-refractivity contribution in [2.45, 2.75) is 13.8 Å². The number of benzene rings is 1. The number of primary amides is 1. The Hall–Kier alpha value is -3.72. The molecule has 0 saturated carbocycles. The molecule has 9 heteroatoms. The topological polar surface area (TPSA) is 115 Å². The zero-order chi connectivity index (χ0) is 21.3. The van der Waals surface area contributed by atoms with Crippen LogP contribution in [0.2, 0.25) is 0 Å².